The molecule has 0 bridgehead atoms. The smallest absolute Gasteiger partial charge is 0.322 e. The number of carbonyl (C=O) groups is 3. The standard InChI is InChI=1S/C25H30N4O4/c1-5-28-19-14-29(22(15(2)3)23(30)26-13-18-7-6-12-33-18)24(31)20(19)21(27-25(28)32)17-10-8-16(4)9-11-17/h6-12,15,21-22H,5,13-14H2,1-4H3,(H,26,30)(H,27,32)/t21-,22-/m0/s1. The molecule has 2 aromatic rings. The highest BCUT2D eigenvalue weighted by molar-refractivity contribution is 6.03. The Bertz CT molecular complexity index is 1070. The van der Waals surface area contributed by atoms with Crippen LogP contribution in [0, 0.1) is 12.8 Å². The van der Waals surface area contributed by atoms with E-state index in [4.69, 9.17) is 4.42 Å². The predicted octanol–water partition coefficient (Wildman–Crippen LogP) is 3.11. The Morgan fingerprint density at radius 3 is 2.55 bits per heavy atom. The first-order valence-corrected chi connectivity index (χ1v) is 11.3. The zero-order valence-electron chi connectivity index (χ0n) is 19.4. The Hall–Kier alpha value is -3.55. The summed E-state index contributed by atoms with van der Waals surface area (Å²) in [6.07, 6.45) is 1.55. The molecule has 2 atom stereocenters. The molecule has 2 N–H and O–H groups in total. The minimum Gasteiger partial charge on any atom is -0.467 e. The average molecular weight is 451 g/mol. The fraction of sp³-hybridized carbons (Fsp3) is 0.400. The molecule has 0 aliphatic carbocycles. The van der Waals surface area contributed by atoms with Gasteiger partial charge in [0, 0.05) is 6.54 Å². The molecule has 8 nitrogen and oxygen atoms in total. The quantitative estimate of drug-likeness (QED) is 0.678. The Morgan fingerprint density at radius 2 is 1.94 bits per heavy atom. The van der Waals surface area contributed by atoms with Crippen molar-refractivity contribution in [1.82, 2.24) is 20.4 Å². The lowest BCUT2D eigenvalue weighted by Gasteiger charge is -2.33. The van der Waals surface area contributed by atoms with Crippen LogP contribution in [-0.2, 0) is 16.1 Å². The van der Waals surface area contributed by atoms with Gasteiger partial charge in [-0.3, -0.25) is 14.5 Å². The van der Waals surface area contributed by atoms with Crippen molar-refractivity contribution in [2.75, 3.05) is 13.1 Å². The molecule has 3 heterocycles. The molecule has 1 aromatic carbocycles. The molecular weight excluding hydrogens is 420 g/mol. The molecule has 0 spiro atoms. The van der Waals surface area contributed by atoms with Gasteiger partial charge in [0.15, 0.2) is 0 Å². The summed E-state index contributed by atoms with van der Waals surface area (Å²) in [5.74, 6) is 0.0515. The summed E-state index contributed by atoms with van der Waals surface area (Å²) in [4.78, 5) is 42.9. The van der Waals surface area contributed by atoms with Gasteiger partial charge in [-0.1, -0.05) is 43.7 Å². The SMILES string of the molecule is CCN1C(=O)N[C@@H](c2ccc(C)cc2)C2=C1CN([C@H](C(=O)NCc1ccco1)C(C)C)C2=O. The van der Waals surface area contributed by atoms with Crippen molar-refractivity contribution in [2.45, 2.75) is 46.3 Å². The van der Waals surface area contributed by atoms with Crippen LogP contribution >= 0.6 is 0 Å². The van der Waals surface area contributed by atoms with E-state index in [-0.39, 0.29) is 36.9 Å². The van der Waals surface area contributed by atoms with E-state index < -0.39 is 12.1 Å². The van der Waals surface area contributed by atoms with E-state index in [1.54, 1.807) is 28.2 Å². The topological polar surface area (TPSA) is 94.9 Å². The molecule has 0 saturated carbocycles. The summed E-state index contributed by atoms with van der Waals surface area (Å²) in [6.45, 7) is 8.60. The number of aryl methyl sites for hydroxylation is 1. The highest BCUT2D eigenvalue weighted by Crippen LogP contribution is 2.37. The van der Waals surface area contributed by atoms with Crippen molar-refractivity contribution in [2.24, 2.45) is 5.92 Å². The average Bonchev–Trinajstić information content (AvgIpc) is 3.41. The molecule has 33 heavy (non-hydrogen) atoms. The zero-order valence-corrected chi connectivity index (χ0v) is 19.4. The number of rotatable bonds is 7. The maximum atomic E-state index is 13.7. The van der Waals surface area contributed by atoms with Crippen LogP contribution in [-0.4, -0.2) is 46.8 Å². The number of amides is 4. The number of benzene rings is 1. The third kappa shape index (κ3) is 4.25. The predicted molar refractivity (Wildman–Crippen MR) is 123 cm³/mol. The highest BCUT2D eigenvalue weighted by atomic mass is 16.3. The van der Waals surface area contributed by atoms with Gasteiger partial charge in [0.1, 0.15) is 11.8 Å². The Kier molecular flexibility index (Phi) is 6.26. The molecule has 4 rings (SSSR count). The largest absolute Gasteiger partial charge is 0.467 e. The first kappa shape index (κ1) is 22.6. The summed E-state index contributed by atoms with van der Waals surface area (Å²) >= 11 is 0. The van der Waals surface area contributed by atoms with Crippen molar-refractivity contribution in [3.05, 3.63) is 70.8 Å². The van der Waals surface area contributed by atoms with Crippen LogP contribution in [0.2, 0.25) is 0 Å². The van der Waals surface area contributed by atoms with Gasteiger partial charge in [0.2, 0.25) is 5.91 Å². The Balaban J connectivity index is 1.64. The van der Waals surface area contributed by atoms with Gasteiger partial charge < -0.3 is 20.0 Å². The molecule has 174 valence electrons. The molecule has 0 fully saturated rings. The minimum atomic E-state index is -0.675. The molecule has 2 aliphatic rings. The van der Waals surface area contributed by atoms with E-state index in [1.807, 2.05) is 52.0 Å². The number of hydrogen-bond donors (Lipinski definition) is 2. The van der Waals surface area contributed by atoms with E-state index in [9.17, 15) is 14.4 Å². The maximum Gasteiger partial charge on any atom is 0.322 e. The second-order valence-corrected chi connectivity index (χ2v) is 8.82. The molecule has 8 heteroatoms. The van der Waals surface area contributed by atoms with Crippen LogP contribution in [0.15, 0.2) is 58.3 Å². The van der Waals surface area contributed by atoms with Crippen LogP contribution in [0.4, 0.5) is 4.79 Å². The van der Waals surface area contributed by atoms with E-state index >= 15 is 0 Å². The van der Waals surface area contributed by atoms with Gasteiger partial charge in [-0.25, -0.2) is 4.79 Å². The number of nitrogens with zero attached hydrogens (tertiary/aromatic N) is 2. The van der Waals surface area contributed by atoms with E-state index in [1.165, 1.54) is 0 Å². The molecule has 0 unspecified atom stereocenters. The number of carbonyl (C=O) groups excluding carboxylic acids is 3. The third-order valence-corrected chi connectivity index (χ3v) is 6.23. The van der Waals surface area contributed by atoms with Gasteiger partial charge in [-0.2, -0.15) is 0 Å². The fourth-order valence-corrected chi connectivity index (χ4v) is 4.58. The van der Waals surface area contributed by atoms with Crippen molar-refractivity contribution in [3.63, 3.8) is 0 Å². The van der Waals surface area contributed by atoms with Crippen molar-refractivity contribution in [1.29, 1.82) is 0 Å². The third-order valence-electron chi connectivity index (χ3n) is 6.23. The molecule has 0 radical (unpaired) electrons. The van der Waals surface area contributed by atoms with E-state index in [0.717, 1.165) is 11.1 Å². The first-order chi connectivity index (χ1) is 15.8. The fourth-order valence-electron chi connectivity index (χ4n) is 4.58. The van der Waals surface area contributed by atoms with Gasteiger partial charge in [0.05, 0.1) is 36.7 Å². The minimum absolute atomic E-state index is 0.122. The van der Waals surface area contributed by atoms with Gasteiger partial charge in [-0.05, 0) is 37.5 Å². The number of hydrogen-bond acceptors (Lipinski definition) is 4. The Labute approximate surface area is 193 Å². The lowest BCUT2D eigenvalue weighted by molar-refractivity contribution is -0.138. The molecule has 1 aromatic heterocycles. The van der Waals surface area contributed by atoms with Crippen LogP contribution in [0.1, 0.15) is 43.7 Å². The summed E-state index contributed by atoms with van der Waals surface area (Å²) in [5, 5.41) is 5.87. The van der Waals surface area contributed by atoms with E-state index in [0.29, 0.717) is 23.6 Å². The van der Waals surface area contributed by atoms with Crippen LogP contribution < -0.4 is 10.6 Å². The van der Waals surface area contributed by atoms with E-state index in [2.05, 4.69) is 10.6 Å². The molecule has 0 saturated heterocycles. The number of furan rings is 1. The first-order valence-electron chi connectivity index (χ1n) is 11.3. The van der Waals surface area contributed by atoms with Crippen LogP contribution in [0.3, 0.4) is 0 Å². The van der Waals surface area contributed by atoms with Gasteiger partial charge >= 0.3 is 6.03 Å². The van der Waals surface area contributed by atoms with Crippen molar-refractivity contribution in [3.8, 4) is 0 Å². The summed E-state index contributed by atoms with van der Waals surface area (Å²) in [6, 6.07) is 9.87. The van der Waals surface area contributed by atoms with Crippen molar-refractivity contribution < 1.29 is 18.8 Å². The maximum absolute atomic E-state index is 13.7. The lowest BCUT2D eigenvalue weighted by atomic mass is 9.94. The van der Waals surface area contributed by atoms with Crippen molar-refractivity contribution >= 4 is 17.8 Å². The number of likely N-dealkylation sites (N-methyl/N-ethyl adjacent to an activating group) is 1. The second-order valence-electron chi connectivity index (χ2n) is 8.82. The molecule has 4 amide bonds. The van der Waals surface area contributed by atoms with Crippen LogP contribution in [0.25, 0.3) is 0 Å². The molecule has 2 aliphatic heterocycles. The Morgan fingerprint density at radius 1 is 1.21 bits per heavy atom. The summed E-state index contributed by atoms with van der Waals surface area (Å²) < 4.78 is 5.30. The summed E-state index contributed by atoms with van der Waals surface area (Å²) in [7, 11) is 0. The summed E-state index contributed by atoms with van der Waals surface area (Å²) in [5.41, 5.74) is 3.14. The van der Waals surface area contributed by atoms with Crippen LogP contribution in [0.5, 0.6) is 0 Å². The second kappa shape index (κ2) is 9.13. The number of nitrogens with one attached hydrogen (secondary N) is 2. The normalized spacial score (nSPS) is 19.1. The van der Waals surface area contributed by atoms with Gasteiger partial charge in [0.25, 0.3) is 5.91 Å². The lowest BCUT2D eigenvalue weighted by Crippen LogP contribution is -2.51. The molecular formula is C25H30N4O4. The monoisotopic (exact) mass is 450 g/mol. The highest BCUT2D eigenvalue weighted by Gasteiger charge is 2.47. The zero-order chi connectivity index (χ0) is 23.7. The van der Waals surface area contributed by atoms with Gasteiger partial charge in [-0.15, -0.1) is 0 Å². The number of urea groups is 1.